The molecule has 4 rings (SSSR count). The monoisotopic (exact) mass is 594 g/mol. The summed E-state index contributed by atoms with van der Waals surface area (Å²) in [5, 5.41) is 5.32. The average molecular weight is 594 g/mol. The fourth-order valence-electron chi connectivity index (χ4n) is 2.14. The third kappa shape index (κ3) is 12.3. The van der Waals surface area contributed by atoms with Crippen molar-refractivity contribution in [3.8, 4) is 0 Å². The van der Waals surface area contributed by atoms with Crippen LogP contribution in [-0.2, 0) is 8.92 Å². The van der Waals surface area contributed by atoms with Crippen molar-refractivity contribution in [1.29, 1.82) is 0 Å². The SMILES string of the molecule is CN(C)[Si](C)=O.CN(C)[Si](C)=O.[Gd+2].c1ccc2[cH-]ccc2c1.c1ccc2[cH-]ccc2c1. The maximum Gasteiger partial charge on any atom is 2.00 e. The molecule has 4 nitrogen and oxygen atoms in total. The van der Waals surface area contributed by atoms with Crippen molar-refractivity contribution in [2.45, 2.75) is 13.1 Å². The first kappa shape index (κ1) is 29.6. The molecule has 0 aromatic heterocycles. The first-order valence-electron chi connectivity index (χ1n) is 9.79. The summed E-state index contributed by atoms with van der Waals surface area (Å²) < 4.78 is 23.9. The summed E-state index contributed by atoms with van der Waals surface area (Å²) in [5.74, 6) is 0. The molecule has 0 fully saturated rings. The van der Waals surface area contributed by atoms with E-state index in [1.807, 2.05) is 0 Å². The summed E-state index contributed by atoms with van der Waals surface area (Å²) in [5.41, 5.74) is 0. The maximum atomic E-state index is 10.3. The van der Waals surface area contributed by atoms with E-state index in [0.29, 0.717) is 0 Å². The van der Waals surface area contributed by atoms with Gasteiger partial charge in [0.1, 0.15) is 0 Å². The van der Waals surface area contributed by atoms with Gasteiger partial charge in [0.15, 0.2) is 0 Å². The van der Waals surface area contributed by atoms with Gasteiger partial charge in [-0.2, -0.15) is 35.0 Å². The van der Waals surface area contributed by atoms with Crippen LogP contribution in [0.2, 0.25) is 13.1 Å². The van der Waals surface area contributed by atoms with Crippen molar-refractivity contribution in [2.24, 2.45) is 0 Å². The number of rotatable bonds is 2. The molecule has 0 unspecified atom stereocenters. The predicted octanol–water partition coefficient (Wildman–Crippen LogP) is 5.31. The Morgan fingerprint density at radius 2 is 0.903 bits per heavy atom. The van der Waals surface area contributed by atoms with Gasteiger partial charge in [-0.3, -0.25) is 0 Å². The Bertz CT molecular complexity index is 898. The largest absolute Gasteiger partial charge is 2.00 e. The zero-order valence-electron chi connectivity index (χ0n) is 19.1. The summed E-state index contributed by atoms with van der Waals surface area (Å²) >= 11 is 0. The van der Waals surface area contributed by atoms with Gasteiger partial charge in [-0.1, -0.05) is 12.1 Å². The van der Waals surface area contributed by atoms with Crippen LogP contribution in [0.15, 0.2) is 84.9 Å². The van der Waals surface area contributed by atoms with Crippen molar-refractivity contribution < 1.29 is 48.9 Å². The average Bonchev–Trinajstić information content (AvgIpc) is 3.38. The van der Waals surface area contributed by atoms with Crippen LogP contribution < -0.4 is 0 Å². The summed E-state index contributed by atoms with van der Waals surface area (Å²) in [4.78, 5) is 0. The Morgan fingerprint density at radius 1 is 0.613 bits per heavy atom. The zero-order valence-corrected chi connectivity index (χ0v) is 23.4. The molecule has 4 aromatic rings. The number of fused-ring (bicyclic) bond motifs is 2. The van der Waals surface area contributed by atoms with Crippen LogP contribution in [-0.4, -0.2) is 55.0 Å². The van der Waals surface area contributed by atoms with E-state index in [1.54, 1.807) is 50.4 Å². The van der Waals surface area contributed by atoms with E-state index >= 15 is 0 Å². The number of hydrogen-bond donors (Lipinski definition) is 0. The van der Waals surface area contributed by atoms with Crippen LogP contribution in [0.25, 0.3) is 21.5 Å². The van der Waals surface area contributed by atoms with Gasteiger partial charge in [-0.25, -0.2) is 0 Å². The molecule has 0 bridgehead atoms. The standard InChI is InChI=1S/2C9H7.2C3H9NOSi.Gd/c2*1-2-5-9-7-3-6-8(9)4-1;2*1-4(2)6(3)5;/h2*1-7H;2*1-3H3;/q2*-1;;;+2. The number of benzene rings is 2. The predicted molar refractivity (Wildman–Crippen MR) is 131 cm³/mol. The van der Waals surface area contributed by atoms with Crippen LogP contribution >= 0.6 is 0 Å². The molecule has 166 valence electrons. The van der Waals surface area contributed by atoms with Gasteiger partial charge in [0.2, 0.25) is 0 Å². The van der Waals surface area contributed by atoms with E-state index in [4.69, 9.17) is 0 Å². The van der Waals surface area contributed by atoms with Crippen LogP contribution in [0.3, 0.4) is 0 Å². The normalized spacial score (nSPS) is 8.97. The Balaban J connectivity index is 0.000000393. The molecule has 0 amide bonds. The second-order valence-corrected chi connectivity index (χ2v) is 11.0. The van der Waals surface area contributed by atoms with Crippen molar-refractivity contribution in [2.75, 3.05) is 28.2 Å². The summed E-state index contributed by atoms with van der Waals surface area (Å²) in [6.45, 7) is 3.43. The first-order chi connectivity index (χ1) is 14.2. The molecule has 0 aliphatic carbocycles. The zero-order chi connectivity index (χ0) is 22.5. The summed E-state index contributed by atoms with van der Waals surface area (Å²) in [6.07, 6.45) is 0. The van der Waals surface area contributed by atoms with Gasteiger partial charge in [0, 0.05) is 0 Å². The second-order valence-electron chi connectivity index (χ2n) is 7.14. The van der Waals surface area contributed by atoms with E-state index in [0.717, 1.165) is 0 Å². The molecule has 4 aromatic carbocycles. The van der Waals surface area contributed by atoms with Crippen molar-refractivity contribution >= 4 is 39.2 Å². The van der Waals surface area contributed by atoms with E-state index in [2.05, 4.69) is 84.9 Å². The molecule has 7 heteroatoms. The molecule has 0 atom stereocenters. The molecule has 0 spiro atoms. The molecule has 0 N–H and O–H groups in total. The van der Waals surface area contributed by atoms with Crippen LogP contribution in [0.5, 0.6) is 0 Å². The maximum absolute atomic E-state index is 10.3. The molecule has 0 saturated heterocycles. The van der Waals surface area contributed by atoms with Crippen LogP contribution in [0, 0.1) is 39.9 Å². The molecule has 31 heavy (non-hydrogen) atoms. The van der Waals surface area contributed by atoms with Gasteiger partial charge >= 0.3 is 57.6 Å². The quantitative estimate of drug-likeness (QED) is 0.233. The van der Waals surface area contributed by atoms with Gasteiger partial charge in [-0.15, -0.1) is 59.3 Å². The molecular formula is C24H32GdN2O2Si2. The fraction of sp³-hybridized carbons (Fsp3) is 0.250. The van der Waals surface area contributed by atoms with Gasteiger partial charge in [-0.05, 0) is 41.3 Å². The van der Waals surface area contributed by atoms with Gasteiger partial charge in [0.25, 0.3) is 0 Å². The number of nitrogens with zero attached hydrogens (tertiary/aromatic N) is 2. The molecule has 0 saturated carbocycles. The van der Waals surface area contributed by atoms with Crippen molar-refractivity contribution in [1.82, 2.24) is 9.13 Å². The van der Waals surface area contributed by atoms with E-state index in [9.17, 15) is 8.92 Å². The minimum absolute atomic E-state index is 0. The molecule has 0 heterocycles. The van der Waals surface area contributed by atoms with Crippen LogP contribution in [0.1, 0.15) is 0 Å². The fourth-order valence-corrected chi connectivity index (χ4v) is 2.14. The van der Waals surface area contributed by atoms with Gasteiger partial charge in [0.05, 0.1) is 0 Å². The van der Waals surface area contributed by atoms with E-state index in [1.165, 1.54) is 21.5 Å². The Kier molecular flexibility index (Phi) is 15.6. The Hall–Kier alpha value is -1.38. The van der Waals surface area contributed by atoms with Crippen molar-refractivity contribution in [3.63, 3.8) is 0 Å². The summed E-state index contributed by atoms with van der Waals surface area (Å²) in [6, 6.07) is 29.3. The summed E-state index contributed by atoms with van der Waals surface area (Å²) in [7, 11) is 4.49. The number of hydrogen-bond acceptors (Lipinski definition) is 2. The van der Waals surface area contributed by atoms with E-state index < -0.39 is 17.7 Å². The minimum Gasteiger partial charge on any atom is -0.383 e. The topological polar surface area (TPSA) is 40.6 Å². The van der Waals surface area contributed by atoms with Crippen molar-refractivity contribution in [3.05, 3.63) is 84.9 Å². The molecule has 0 aliphatic heterocycles. The second kappa shape index (κ2) is 16.3. The first-order valence-corrected chi connectivity index (χ1v) is 13.5. The third-order valence-corrected chi connectivity index (χ3v) is 6.87. The van der Waals surface area contributed by atoms with Gasteiger partial charge < -0.3 is 18.1 Å². The molecule has 0 radical (unpaired) electrons. The molecule has 0 aliphatic rings. The minimum atomic E-state index is -1.37. The Morgan fingerprint density at radius 3 is 1.16 bits per heavy atom. The third-order valence-electron chi connectivity index (χ3n) is 4.35. The Labute approximate surface area is 221 Å². The smallest absolute Gasteiger partial charge is 0.383 e. The van der Waals surface area contributed by atoms with Crippen LogP contribution in [0.4, 0.5) is 0 Å². The molecular weight excluding hydrogens is 562 g/mol. The van der Waals surface area contributed by atoms with E-state index in [-0.39, 0.29) is 39.9 Å².